The van der Waals surface area contributed by atoms with Crippen LogP contribution in [0.25, 0.3) is 0 Å². The van der Waals surface area contributed by atoms with Gasteiger partial charge < -0.3 is 10.0 Å². The van der Waals surface area contributed by atoms with E-state index in [0.717, 1.165) is 4.47 Å². The Hall–Kier alpha value is -1.07. The van der Waals surface area contributed by atoms with Crippen LogP contribution in [0.5, 0.6) is 0 Å². The number of carboxylic acids is 1. The maximum atomic E-state index is 12.3. The van der Waals surface area contributed by atoms with Crippen molar-refractivity contribution in [1.82, 2.24) is 4.90 Å². The molecule has 0 spiro atoms. The molecule has 4 nitrogen and oxygen atoms in total. The highest BCUT2D eigenvalue weighted by molar-refractivity contribution is 9.10. The Morgan fingerprint density at radius 1 is 1.37 bits per heavy atom. The molecule has 0 unspecified atom stereocenters. The number of carbonyl (C=O) groups is 2. The van der Waals surface area contributed by atoms with Gasteiger partial charge in [-0.1, -0.05) is 27.5 Å². The third-order valence-electron chi connectivity index (χ3n) is 3.17. The SMILES string of the molecule is O=C(O)[C@H]1CCCN(C(=O)c2cc(Cl)cc(Br)c2)C1. The summed E-state index contributed by atoms with van der Waals surface area (Å²) in [5.74, 6) is -1.49. The summed E-state index contributed by atoms with van der Waals surface area (Å²) in [6.07, 6.45) is 1.34. The number of rotatable bonds is 2. The molecule has 0 radical (unpaired) electrons. The highest BCUT2D eigenvalue weighted by Gasteiger charge is 2.28. The first-order valence-corrected chi connectivity index (χ1v) is 7.12. The Bertz CT molecular complexity index is 500. The third-order valence-corrected chi connectivity index (χ3v) is 3.84. The number of piperidine rings is 1. The molecular formula is C13H13BrClNO3. The first-order chi connectivity index (χ1) is 8.97. The van der Waals surface area contributed by atoms with Crippen LogP contribution in [0.1, 0.15) is 23.2 Å². The van der Waals surface area contributed by atoms with Gasteiger partial charge in [0.05, 0.1) is 5.92 Å². The van der Waals surface area contributed by atoms with Gasteiger partial charge in [0.2, 0.25) is 0 Å². The average Bonchev–Trinajstić information content (AvgIpc) is 2.37. The van der Waals surface area contributed by atoms with Gasteiger partial charge >= 0.3 is 5.97 Å². The van der Waals surface area contributed by atoms with Crippen molar-refractivity contribution in [3.05, 3.63) is 33.3 Å². The molecule has 1 aromatic carbocycles. The number of nitrogens with zero attached hydrogens (tertiary/aromatic N) is 1. The number of hydrogen-bond acceptors (Lipinski definition) is 2. The lowest BCUT2D eigenvalue weighted by Crippen LogP contribution is -2.42. The van der Waals surface area contributed by atoms with E-state index in [1.165, 1.54) is 0 Å². The van der Waals surface area contributed by atoms with Gasteiger partial charge in [0.1, 0.15) is 0 Å². The van der Waals surface area contributed by atoms with Crippen molar-refractivity contribution in [1.29, 1.82) is 0 Å². The van der Waals surface area contributed by atoms with Gasteiger partial charge in [0, 0.05) is 28.1 Å². The maximum Gasteiger partial charge on any atom is 0.308 e. The minimum Gasteiger partial charge on any atom is -0.481 e. The molecule has 1 amide bonds. The molecule has 0 saturated carbocycles. The second kappa shape index (κ2) is 5.92. The van der Waals surface area contributed by atoms with E-state index in [1.54, 1.807) is 23.1 Å². The van der Waals surface area contributed by atoms with Crippen LogP contribution in [-0.4, -0.2) is 35.0 Å². The Kier molecular flexibility index (Phi) is 4.47. The molecular weight excluding hydrogens is 334 g/mol. The molecule has 2 rings (SSSR count). The number of aliphatic carboxylic acids is 1. The summed E-state index contributed by atoms with van der Waals surface area (Å²) in [5, 5.41) is 9.51. The molecule has 1 aliphatic heterocycles. The van der Waals surface area contributed by atoms with E-state index >= 15 is 0 Å². The van der Waals surface area contributed by atoms with Crippen LogP contribution in [-0.2, 0) is 4.79 Å². The highest BCUT2D eigenvalue weighted by Crippen LogP contribution is 2.23. The summed E-state index contributed by atoms with van der Waals surface area (Å²) in [7, 11) is 0. The number of carbonyl (C=O) groups excluding carboxylic acids is 1. The average molecular weight is 347 g/mol. The number of halogens is 2. The second-order valence-electron chi connectivity index (χ2n) is 4.59. The van der Waals surface area contributed by atoms with Gasteiger partial charge in [0.25, 0.3) is 5.91 Å². The molecule has 102 valence electrons. The van der Waals surface area contributed by atoms with Crippen LogP contribution in [0.2, 0.25) is 5.02 Å². The lowest BCUT2D eigenvalue weighted by Gasteiger charge is -2.30. The molecule has 1 heterocycles. The van der Waals surface area contributed by atoms with Gasteiger partial charge in [-0.05, 0) is 31.0 Å². The molecule has 1 aliphatic rings. The number of likely N-dealkylation sites (tertiary alicyclic amines) is 1. The molecule has 0 aromatic heterocycles. The third kappa shape index (κ3) is 3.48. The minimum atomic E-state index is -0.843. The molecule has 6 heteroatoms. The smallest absolute Gasteiger partial charge is 0.308 e. The van der Waals surface area contributed by atoms with Crippen molar-refractivity contribution in [3.63, 3.8) is 0 Å². The molecule has 0 aliphatic carbocycles. The molecule has 19 heavy (non-hydrogen) atoms. The molecule has 1 N–H and O–H groups in total. The number of benzene rings is 1. The minimum absolute atomic E-state index is 0.172. The quantitative estimate of drug-likeness (QED) is 0.895. The Balaban J connectivity index is 2.16. The van der Waals surface area contributed by atoms with Crippen molar-refractivity contribution in [3.8, 4) is 0 Å². The summed E-state index contributed by atoms with van der Waals surface area (Å²) in [6.45, 7) is 0.852. The predicted molar refractivity (Wildman–Crippen MR) is 75.4 cm³/mol. The number of hydrogen-bond donors (Lipinski definition) is 1. The van der Waals surface area contributed by atoms with Crippen LogP contribution in [0.3, 0.4) is 0 Å². The Morgan fingerprint density at radius 3 is 2.74 bits per heavy atom. The van der Waals surface area contributed by atoms with E-state index in [0.29, 0.717) is 30.0 Å². The van der Waals surface area contributed by atoms with Crippen LogP contribution in [0, 0.1) is 5.92 Å². The van der Waals surface area contributed by atoms with Crippen molar-refractivity contribution in [2.75, 3.05) is 13.1 Å². The summed E-state index contributed by atoms with van der Waals surface area (Å²) in [6, 6.07) is 4.99. The largest absolute Gasteiger partial charge is 0.481 e. The van der Waals surface area contributed by atoms with Crippen molar-refractivity contribution >= 4 is 39.4 Å². The van der Waals surface area contributed by atoms with Gasteiger partial charge in [-0.3, -0.25) is 9.59 Å². The standard InChI is InChI=1S/C13H13BrClNO3/c14-10-4-9(5-11(15)6-10)12(17)16-3-1-2-8(7-16)13(18)19/h4-6,8H,1-3,7H2,(H,18,19)/t8-/m0/s1. The highest BCUT2D eigenvalue weighted by atomic mass is 79.9. The normalized spacial score (nSPS) is 19.3. The zero-order chi connectivity index (χ0) is 14.0. The van der Waals surface area contributed by atoms with Crippen LogP contribution >= 0.6 is 27.5 Å². The second-order valence-corrected chi connectivity index (χ2v) is 5.94. The summed E-state index contributed by atoms with van der Waals surface area (Å²) in [4.78, 5) is 24.9. The van der Waals surface area contributed by atoms with E-state index in [-0.39, 0.29) is 12.5 Å². The Labute approximate surface area is 124 Å². The fourth-order valence-electron chi connectivity index (χ4n) is 2.22. The van der Waals surface area contributed by atoms with Crippen molar-refractivity contribution in [2.24, 2.45) is 5.92 Å². The summed E-state index contributed by atoms with van der Waals surface area (Å²) >= 11 is 9.21. The lowest BCUT2D eigenvalue weighted by atomic mass is 9.97. The summed E-state index contributed by atoms with van der Waals surface area (Å²) in [5.41, 5.74) is 0.477. The molecule has 1 atom stereocenters. The number of amides is 1. The zero-order valence-electron chi connectivity index (χ0n) is 10.1. The molecule has 1 aromatic rings. The fraction of sp³-hybridized carbons (Fsp3) is 0.385. The van der Waals surface area contributed by atoms with E-state index < -0.39 is 11.9 Å². The van der Waals surface area contributed by atoms with Crippen LogP contribution in [0.15, 0.2) is 22.7 Å². The number of carboxylic acid groups (broad SMARTS) is 1. The van der Waals surface area contributed by atoms with E-state index in [1.807, 2.05) is 0 Å². The summed E-state index contributed by atoms with van der Waals surface area (Å²) < 4.78 is 0.732. The maximum absolute atomic E-state index is 12.3. The topological polar surface area (TPSA) is 57.6 Å². The predicted octanol–water partition coefficient (Wildman–Crippen LogP) is 3.04. The first-order valence-electron chi connectivity index (χ1n) is 5.95. The van der Waals surface area contributed by atoms with Gasteiger partial charge in [-0.15, -0.1) is 0 Å². The van der Waals surface area contributed by atoms with Crippen LogP contribution in [0.4, 0.5) is 0 Å². The van der Waals surface area contributed by atoms with Gasteiger partial charge in [0.15, 0.2) is 0 Å². The molecule has 0 bridgehead atoms. The van der Waals surface area contributed by atoms with E-state index in [4.69, 9.17) is 16.7 Å². The van der Waals surface area contributed by atoms with Gasteiger partial charge in [-0.2, -0.15) is 0 Å². The fourth-order valence-corrected chi connectivity index (χ4v) is 3.08. The van der Waals surface area contributed by atoms with Crippen molar-refractivity contribution in [2.45, 2.75) is 12.8 Å². The van der Waals surface area contributed by atoms with Crippen LogP contribution < -0.4 is 0 Å². The first kappa shape index (κ1) is 14.3. The monoisotopic (exact) mass is 345 g/mol. The Morgan fingerprint density at radius 2 is 2.11 bits per heavy atom. The van der Waals surface area contributed by atoms with Gasteiger partial charge in [-0.25, -0.2) is 0 Å². The van der Waals surface area contributed by atoms with Crippen molar-refractivity contribution < 1.29 is 14.7 Å². The van der Waals surface area contributed by atoms with E-state index in [9.17, 15) is 9.59 Å². The van der Waals surface area contributed by atoms with E-state index in [2.05, 4.69) is 15.9 Å². The molecule has 1 saturated heterocycles. The zero-order valence-corrected chi connectivity index (χ0v) is 12.4. The molecule has 1 fully saturated rings. The lowest BCUT2D eigenvalue weighted by molar-refractivity contribution is -0.143.